The predicted molar refractivity (Wildman–Crippen MR) is 97.4 cm³/mol. The summed E-state index contributed by atoms with van der Waals surface area (Å²) in [6.45, 7) is 3.43. The van der Waals surface area contributed by atoms with Crippen LogP contribution < -0.4 is 9.64 Å². The van der Waals surface area contributed by atoms with E-state index in [1.54, 1.807) is 6.33 Å². The number of anilines is 1. The average molecular weight is 358 g/mol. The Balaban J connectivity index is 1.37. The Kier molecular flexibility index (Phi) is 4.83. The number of likely N-dealkylation sites (tertiary alicyclic amines) is 1. The first-order valence-corrected chi connectivity index (χ1v) is 9.74. The van der Waals surface area contributed by atoms with Crippen molar-refractivity contribution in [1.82, 2.24) is 14.9 Å². The summed E-state index contributed by atoms with van der Waals surface area (Å²) in [7, 11) is 0. The third-order valence-electron chi connectivity index (χ3n) is 4.76. The van der Waals surface area contributed by atoms with Crippen molar-refractivity contribution >= 4 is 23.1 Å². The minimum absolute atomic E-state index is 0.00646. The second-order valence-corrected chi connectivity index (χ2v) is 7.47. The highest BCUT2D eigenvalue weighted by Gasteiger charge is 2.29. The highest BCUT2D eigenvalue weighted by Crippen LogP contribution is 2.23. The summed E-state index contributed by atoms with van der Waals surface area (Å²) in [5, 5.41) is 1.93. The SMILES string of the molecule is O=C(c1cccs1)N1CCC(Oc2cc(N3CCCCC3)ncn2)C1. The molecule has 2 saturated heterocycles. The number of carbonyl (C=O) groups is 1. The van der Waals surface area contributed by atoms with E-state index >= 15 is 0 Å². The number of thiophene rings is 1. The largest absolute Gasteiger partial charge is 0.472 e. The van der Waals surface area contributed by atoms with Gasteiger partial charge in [0.25, 0.3) is 5.91 Å². The maximum absolute atomic E-state index is 12.4. The summed E-state index contributed by atoms with van der Waals surface area (Å²) < 4.78 is 6.04. The van der Waals surface area contributed by atoms with Gasteiger partial charge in [0.2, 0.25) is 5.88 Å². The zero-order valence-corrected chi connectivity index (χ0v) is 15.0. The van der Waals surface area contributed by atoms with Crippen LogP contribution in [0.3, 0.4) is 0 Å². The maximum Gasteiger partial charge on any atom is 0.264 e. The molecule has 0 aliphatic carbocycles. The Morgan fingerprint density at radius 1 is 1.20 bits per heavy atom. The molecule has 2 aromatic heterocycles. The molecule has 0 radical (unpaired) electrons. The van der Waals surface area contributed by atoms with Crippen LogP contribution in [0.5, 0.6) is 5.88 Å². The van der Waals surface area contributed by atoms with Gasteiger partial charge in [0.05, 0.1) is 11.4 Å². The lowest BCUT2D eigenvalue weighted by atomic mass is 10.1. The topological polar surface area (TPSA) is 58.6 Å². The van der Waals surface area contributed by atoms with Gasteiger partial charge in [-0.25, -0.2) is 9.97 Å². The molecule has 0 bridgehead atoms. The van der Waals surface area contributed by atoms with Crippen molar-refractivity contribution in [3.63, 3.8) is 0 Å². The molecule has 0 saturated carbocycles. The fourth-order valence-corrected chi connectivity index (χ4v) is 4.12. The van der Waals surface area contributed by atoms with Gasteiger partial charge in [-0.2, -0.15) is 0 Å². The smallest absolute Gasteiger partial charge is 0.264 e. The molecule has 25 heavy (non-hydrogen) atoms. The summed E-state index contributed by atoms with van der Waals surface area (Å²) in [6, 6.07) is 5.70. The summed E-state index contributed by atoms with van der Waals surface area (Å²) in [5.74, 6) is 1.64. The second kappa shape index (κ2) is 7.39. The summed E-state index contributed by atoms with van der Waals surface area (Å²) in [5.41, 5.74) is 0. The van der Waals surface area contributed by atoms with Crippen LogP contribution in [0.15, 0.2) is 29.9 Å². The fraction of sp³-hybridized carbons (Fsp3) is 0.500. The Labute approximate surface area is 151 Å². The second-order valence-electron chi connectivity index (χ2n) is 6.52. The van der Waals surface area contributed by atoms with Gasteiger partial charge < -0.3 is 14.5 Å². The average Bonchev–Trinajstić information content (AvgIpc) is 3.34. The lowest BCUT2D eigenvalue weighted by molar-refractivity contribution is 0.0776. The molecule has 4 heterocycles. The van der Waals surface area contributed by atoms with Crippen LogP contribution >= 0.6 is 11.3 Å². The van der Waals surface area contributed by atoms with Gasteiger partial charge in [-0.3, -0.25) is 4.79 Å². The third kappa shape index (κ3) is 3.76. The van der Waals surface area contributed by atoms with Crippen molar-refractivity contribution < 1.29 is 9.53 Å². The Hall–Kier alpha value is -2.15. The van der Waals surface area contributed by atoms with E-state index in [-0.39, 0.29) is 12.0 Å². The Morgan fingerprint density at radius 2 is 2.08 bits per heavy atom. The van der Waals surface area contributed by atoms with E-state index in [1.807, 2.05) is 28.5 Å². The number of hydrogen-bond acceptors (Lipinski definition) is 6. The van der Waals surface area contributed by atoms with Crippen molar-refractivity contribution in [3.05, 3.63) is 34.8 Å². The third-order valence-corrected chi connectivity index (χ3v) is 5.62. The molecular weight excluding hydrogens is 336 g/mol. The molecule has 2 fully saturated rings. The van der Waals surface area contributed by atoms with E-state index in [9.17, 15) is 4.79 Å². The summed E-state index contributed by atoms with van der Waals surface area (Å²) in [4.78, 5) is 26.0. The van der Waals surface area contributed by atoms with Crippen molar-refractivity contribution in [3.8, 4) is 5.88 Å². The van der Waals surface area contributed by atoms with Crippen LogP contribution in [-0.2, 0) is 0 Å². The molecule has 0 spiro atoms. The number of piperidine rings is 1. The molecule has 132 valence electrons. The fourth-order valence-electron chi connectivity index (χ4n) is 3.43. The zero-order chi connectivity index (χ0) is 17.1. The Bertz CT molecular complexity index is 716. The van der Waals surface area contributed by atoms with Crippen LogP contribution in [0.2, 0.25) is 0 Å². The molecule has 1 atom stereocenters. The van der Waals surface area contributed by atoms with E-state index in [0.717, 1.165) is 36.8 Å². The standard InChI is InChI=1S/C18H22N4O2S/c23-18(15-5-4-10-25-15)22-9-6-14(12-22)24-17-11-16(19-13-20-17)21-7-2-1-3-8-21/h4-5,10-11,13-14H,1-3,6-9,12H2. The summed E-state index contributed by atoms with van der Waals surface area (Å²) >= 11 is 1.48. The van der Waals surface area contributed by atoms with Crippen LogP contribution in [0.4, 0.5) is 5.82 Å². The molecule has 1 amide bonds. The monoisotopic (exact) mass is 358 g/mol. The molecule has 2 aliphatic heterocycles. The normalized spacial score (nSPS) is 20.7. The number of amides is 1. The van der Waals surface area contributed by atoms with Crippen LogP contribution in [0.1, 0.15) is 35.4 Å². The van der Waals surface area contributed by atoms with Crippen LogP contribution in [-0.4, -0.2) is 53.1 Å². The van der Waals surface area contributed by atoms with Crippen molar-refractivity contribution in [2.45, 2.75) is 31.8 Å². The van der Waals surface area contributed by atoms with Gasteiger partial charge in [-0.15, -0.1) is 11.3 Å². The molecule has 1 unspecified atom stereocenters. The van der Waals surface area contributed by atoms with E-state index in [2.05, 4.69) is 14.9 Å². The first-order valence-electron chi connectivity index (χ1n) is 8.86. The number of ether oxygens (including phenoxy) is 1. The number of rotatable bonds is 4. The number of hydrogen-bond donors (Lipinski definition) is 0. The molecule has 7 heteroatoms. The maximum atomic E-state index is 12.4. The minimum Gasteiger partial charge on any atom is -0.472 e. The van der Waals surface area contributed by atoms with Gasteiger partial charge in [0, 0.05) is 32.1 Å². The van der Waals surface area contributed by atoms with E-state index in [0.29, 0.717) is 12.4 Å². The Morgan fingerprint density at radius 3 is 2.88 bits per heavy atom. The van der Waals surface area contributed by atoms with Crippen molar-refractivity contribution in [1.29, 1.82) is 0 Å². The molecular formula is C18H22N4O2S. The van der Waals surface area contributed by atoms with Gasteiger partial charge in [-0.1, -0.05) is 6.07 Å². The van der Waals surface area contributed by atoms with Gasteiger partial charge in [-0.05, 0) is 30.7 Å². The first-order chi connectivity index (χ1) is 12.3. The van der Waals surface area contributed by atoms with Gasteiger partial charge >= 0.3 is 0 Å². The quantitative estimate of drug-likeness (QED) is 0.841. The van der Waals surface area contributed by atoms with Crippen LogP contribution in [0, 0.1) is 0 Å². The predicted octanol–water partition coefficient (Wildman–Crippen LogP) is 2.82. The molecule has 4 rings (SSSR count). The highest BCUT2D eigenvalue weighted by molar-refractivity contribution is 7.12. The molecule has 2 aromatic rings. The lowest BCUT2D eigenvalue weighted by Crippen LogP contribution is -2.31. The summed E-state index contributed by atoms with van der Waals surface area (Å²) in [6.07, 6.45) is 6.11. The van der Waals surface area contributed by atoms with Crippen LogP contribution in [0.25, 0.3) is 0 Å². The van der Waals surface area contributed by atoms with E-state index in [1.165, 1.54) is 30.6 Å². The zero-order valence-electron chi connectivity index (χ0n) is 14.1. The van der Waals surface area contributed by atoms with Gasteiger partial charge in [0.1, 0.15) is 18.2 Å². The number of carbonyl (C=O) groups excluding carboxylic acids is 1. The molecule has 0 aromatic carbocycles. The highest BCUT2D eigenvalue weighted by atomic mass is 32.1. The lowest BCUT2D eigenvalue weighted by Gasteiger charge is -2.27. The number of aromatic nitrogens is 2. The van der Waals surface area contributed by atoms with Crippen molar-refractivity contribution in [2.24, 2.45) is 0 Å². The first kappa shape index (κ1) is 16.3. The van der Waals surface area contributed by atoms with E-state index in [4.69, 9.17) is 4.74 Å². The molecule has 6 nitrogen and oxygen atoms in total. The van der Waals surface area contributed by atoms with Gasteiger partial charge in [0.15, 0.2) is 0 Å². The minimum atomic E-state index is -0.00646. The molecule has 0 N–H and O–H groups in total. The molecule has 2 aliphatic rings. The van der Waals surface area contributed by atoms with E-state index < -0.39 is 0 Å². The van der Waals surface area contributed by atoms with Crippen molar-refractivity contribution in [2.75, 3.05) is 31.1 Å². The number of nitrogens with zero attached hydrogens (tertiary/aromatic N) is 4.